The molecule has 3 rings (SSSR count). The van der Waals surface area contributed by atoms with E-state index in [1.807, 2.05) is 25.3 Å². The van der Waals surface area contributed by atoms with Gasteiger partial charge in [-0.1, -0.05) is 11.8 Å². The van der Waals surface area contributed by atoms with Crippen molar-refractivity contribution < 1.29 is 13.9 Å². The first-order valence-corrected chi connectivity index (χ1v) is 9.67. The van der Waals surface area contributed by atoms with E-state index in [4.69, 9.17) is 4.74 Å². The van der Waals surface area contributed by atoms with Gasteiger partial charge in [-0.2, -0.15) is 0 Å². The van der Waals surface area contributed by atoms with Crippen LogP contribution >= 0.6 is 23.1 Å². The molecule has 0 saturated heterocycles. The maximum Gasteiger partial charge on any atom is 0.316 e. The van der Waals surface area contributed by atoms with Crippen molar-refractivity contribution in [3.05, 3.63) is 58.6 Å². The Labute approximate surface area is 158 Å². The smallest absolute Gasteiger partial charge is 0.316 e. The quantitative estimate of drug-likeness (QED) is 0.358. The van der Waals surface area contributed by atoms with Crippen LogP contribution < -0.4 is 0 Å². The van der Waals surface area contributed by atoms with E-state index in [-0.39, 0.29) is 24.1 Å². The Hall–Kier alpha value is -2.32. The number of aryl methyl sites for hydroxylation is 2. The van der Waals surface area contributed by atoms with Crippen molar-refractivity contribution in [2.75, 3.05) is 5.75 Å². The van der Waals surface area contributed by atoms with Crippen molar-refractivity contribution in [3.63, 3.8) is 0 Å². The summed E-state index contributed by atoms with van der Waals surface area (Å²) in [5.74, 6) is -0.503. The lowest BCUT2D eigenvalue weighted by Gasteiger charge is -2.04. The molecule has 0 saturated carbocycles. The van der Waals surface area contributed by atoms with Gasteiger partial charge in [0.15, 0.2) is 5.16 Å². The molecule has 0 aliphatic heterocycles. The van der Waals surface area contributed by atoms with Gasteiger partial charge in [0.1, 0.15) is 17.4 Å². The lowest BCUT2D eigenvalue weighted by Crippen LogP contribution is -2.08. The number of carbonyl (C=O) groups excluding carboxylic acids is 1. The highest BCUT2D eigenvalue weighted by Gasteiger charge is 2.10. The molecule has 2 heterocycles. The lowest BCUT2D eigenvalue weighted by atomic mass is 10.2. The Kier molecular flexibility index (Phi) is 5.95. The number of thioether (sulfide) groups is 1. The van der Waals surface area contributed by atoms with Gasteiger partial charge in [-0.05, 0) is 44.2 Å². The largest absolute Gasteiger partial charge is 0.459 e. The van der Waals surface area contributed by atoms with Gasteiger partial charge in [-0.25, -0.2) is 19.3 Å². The summed E-state index contributed by atoms with van der Waals surface area (Å²) in [7, 11) is 0. The molecule has 8 heteroatoms. The van der Waals surface area contributed by atoms with Crippen molar-refractivity contribution in [1.82, 2.24) is 15.0 Å². The number of rotatable bonds is 6. The van der Waals surface area contributed by atoms with Crippen LogP contribution in [0.15, 0.2) is 40.9 Å². The van der Waals surface area contributed by atoms with E-state index >= 15 is 0 Å². The van der Waals surface area contributed by atoms with Crippen LogP contribution in [0.25, 0.3) is 10.6 Å². The normalized spacial score (nSPS) is 10.7. The van der Waals surface area contributed by atoms with Gasteiger partial charge in [0.2, 0.25) is 0 Å². The van der Waals surface area contributed by atoms with Gasteiger partial charge in [0.25, 0.3) is 0 Å². The number of aromatic nitrogens is 3. The highest BCUT2D eigenvalue weighted by Crippen LogP contribution is 2.24. The molecule has 5 nitrogen and oxygen atoms in total. The van der Waals surface area contributed by atoms with Crippen LogP contribution in [0.4, 0.5) is 4.39 Å². The van der Waals surface area contributed by atoms with Crippen LogP contribution in [0.5, 0.6) is 0 Å². The second kappa shape index (κ2) is 8.37. The van der Waals surface area contributed by atoms with Crippen molar-refractivity contribution in [3.8, 4) is 10.6 Å². The van der Waals surface area contributed by atoms with Crippen LogP contribution in [-0.2, 0) is 16.1 Å². The molecule has 3 aromatic rings. The number of thiazole rings is 1. The summed E-state index contributed by atoms with van der Waals surface area (Å²) in [5, 5.41) is 3.15. The number of nitrogens with zero attached hydrogens (tertiary/aromatic N) is 3. The third-order valence-electron chi connectivity index (χ3n) is 3.30. The highest BCUT2D eigenvalue weighted by atomic mass is 32.2. The molecule has 0 atom stereocenters. The third-order valence-corrected chi connectivity index (χ3v) is 5.07. The van der Waals surface area contributed by atoms with E-state index in [9.17, 15) is 9.18 Å². The molecule has 0 unspecified atom stereocenters. The number of esters is 1. The molecule has 0 amide bonds. The minimum Gasteiger partial charge on any atom is -0.459 e. The van der Waals surface area contributed by atoms with Gasteiger partial charge < -0.3 is 4.74 Å². The second-order valence-electron chi connectivity index (χ2n) is 5.53. The minimum absolute atomic E-state index is 0.102. The average Bonchev–Trinajstić information content (AvgIpc) is 3.07. The molecule has 0 bridgehead atoms. The molecule has 0 aliphatic rings. The first kappa shape index (κ1) is 18.5. The van der Waals surface area contributed by atoms with Crippen molar-refractivity contribution in [1.29, 1.82) is 0 Å². The molecule has 2 aromatic heterocycles. The summed E-state index contributed by atoms with van der Waals surface area (Å²) < 4.78 is 18.2. The average molecular weight is 389 g/mol. The Morgan fingerprint density at radius 2 is 1.85 bits per heavy atom. The van der Waals surface area contributed by atoms with Crippen molar-refractivity contribution in [2.45, 2.75) is 25.6 Å². The van der Waals surface area contributed by atoms with Crippen LogP contribution in [0.3, 0.4) is 0 Å². The first-order chi connectivity index (χ1) is 12.5. The zero-order valence-electron chi connectivity index (χ0n) is 14.2. The van der Waals surface area contributed by atoms with Gasteiger partial charge >= 0.3 is 5.97 Å². The number of halogens is 1. The molecule has 0 fully saturated rings. The molecule has 0 radical (unpaired) electrons. The summed E-state index contributed by atoms with van der Waals surface area (Å²) in [6, 6.07) is 8.00. The fraction of sp³-hybridized carbons (Fsp3) is 0.222. The summed E-state index contributed by atoms with van der Waals surface area (Å²) in [5.41, 5.74) is 3.22. The molecule has 1 aromatic carbocycles. The maximum atomic E-state index is 13.0. The van der Waals surface area contributed by atoms with E-state index in [0.29, 0.717) is 10.9 Å². The monoisotopic (exact) mass is 389 g/mol. The summed E-state index contributed by atoms with van der Waals surface area (Å²) in [6.45, 7) is 3.88. The molecular formula is C18H16FN3O2S2. The van der Waals surface area contributed by atoms with E-state index in [1.165, 1.54) is 35.2 Å². The van der Waals surface area contributed by atoms with Gasteiger partial charge in [-0.3, -0.25) is 4.79 Å². The zero-order valence-corrected chi connectivity index (χ0v) is 15.9. The molecule has 0 spiro atoms. The van der Waals surface area contributed by atoms with Gasteiger partial charge in [-0.15, -0.1) is 11.3 Å². The molecule has 26 heavy (non-hydrogen) atoms. The first-order valence-electron chi connectivity index (χ1n) is 7.80. The zero-order chi connectivity index (χ0) is 18.5. The number of hydrogen-bond donors (Lipinski definition) is 0. The molecule has 0 aliphatic carbocycles. The predicted molar refractivity (Wildman–Crippen MR) is 99.5 cm³/mol. The summed E-state index contributed by atoms with van der Waals surface area (Å²) >= 11 is 2.67. The Balaban J connectivity index is 1.51. The van der Waals surface area contributed by atoms with Gasteiger partial charge in [0, 0.05) is 22.3 Å². The Morgan fingerprint density at radius 1 is 1.15 bits per heavy atom. The van der Waals surface area contributed by atoms with E-state index in [1.54, 1.807) is 12.1 Å². The predicted octanol–water partition coefficient (Wildman–Crippen LogP) is 4.19. The Bertz CT molecular complexity index is 893. The van der Waals surface area contributed by atoms with Crippen LogP contribution in [0.2, 0.25) is 0 Å². The number of hydrogen-bond acceptors (Lipinski definition) is 7. The standard InChI is InChI=1S/C18H16FN3O2S2/c1-11-7-12(2)21-18(20-11)26-10-16(23)24-8-15-9-25-17(22-15)13-3-5-14(19)6-4-13/h3-7,9H,8,10H2,1-2H3. The van der Waals surface area contributed by atoms with Gasteiger partial charge in [0.05, 0.1) is 11.4 Å². The minimum atomic E-state index is -0.353. The fourth-order valence-electron chi connectivity index (χ4n) is 2.18. The molecule has 134 valence electrons. The van der Waals surface area contributed by atoms with Crippen LogP contribution in [0, 0.1) is 19.7 Å². The third kappa shape index (κ3) is 5.09. The topological polar surface area (TPSA) is 65.0 Å². The second-order valence-corrected chi connectivity index (χ2v) is 7.33. The van der Waals surface area contributed by atoms with Crippen molar-refractivity contribution in [2.24, 2.45) is 0 Å². The Morgan fingerprint density at radius 3 is 2.54 bits per heavy atom. The lowest BCUT2D eigenvalue weighted by molar-refractivity contribution is -0.141. The fourth-order valence-corrected chi connectivity index (χ4v) is 3.73. The van der Waals surface area contributed by atoms with Crippen LogP contribution in [-0.4, -0.2) is 26.7 Å². The molecule has 0 N–H and O–H groups in total. The van der Waals surface area contributed by atoms with Crippen LogP contribution in [0.1, 0.15) is 17.1 Å². The SMILES string of the molecule is Cc1cc(C)nc(SCC(=O)OCc2csc(-c3ccc(F)cc3)n2)n1. The number of carbonyl (C=O) groups is 1. The molecular weight excluding hydrogens is 373 g/mol. The van der Waals surface area contributed by atoms with E-state index < -0.39 is 0 Å². The summed E-state index contributed by atoms with van der Waals surface area (Å²) in [4.78, 5) is 24.9. The van der Waals surface area contributed by atoms with Crippen molar-refractivity contribution >= 4 is 29.1 Å². The summed E-state index contributed by atoms with van der Waals surface area (Å²) in [6.07, 6.45) is 0. The maximum absolute atomic E-state index is 13.0. The van der Waals surface area contributed by atoms with E-state index in [2.05, 4.69) is 15.0 Å². The number of benzene rings is 1. The number of ether oxygens (including phenoxy) is 1. The van der Waals surface area contributed by atoms with E-state index in [0.717, 1.165) is 22.0 Å². The highest BCUT2D eigenvalue weighted by molar-refractivity contribution is 7.99.